The van der Waals surface area contributed by atoms with Crippen LogP contribution in [0.5, 0.6) is 0 Å². The van der Waals surface area contributed by atoms with Crippen LogP contribution in [-0.4, -0.2) is 16.2 Å². The monoisotopic (exact) mass is 268 g/mol. The van der Waals surface area contributed by atoms with E-state index in [1.54, 1.807) is 12.1 Å². The Morgan fingerprint density at radius 3 is 2.35 bits per heavy atom. The maximum atomic E-state index is 11.1. The number of hydrogen-bond acceptors (Lipinski definition) is 3. The Bertz CT molecular complexity index is 735. The summed E-state index contributed by atoms with van der Waals surface area (Å²) in [5.74, 6) is -0.931. The topological polar surface area (TPSA) is 66.8 Å². The zero-order valence-electron chi connectivity index (χ0n) is 10.5. The fraction of sp³-hybridized carbons (Fsp3) is 0.188. The minimum absolute atomic E-state index is 0.00725. The second kappa shape index (κ2) is 3.91. The van der Waals surface area contributed by atoms with E-state index in [1.807, 2.05) is 24.3 Å². The lowest BCUT2D eigenvalue weighted by Gasteiger charge is -2.16. The number of carboxylic acid groups (broad SMARTS) is 1. The molecule has 0 aromatic heterocycles. The van der Waals surface area contributed by atoms with Crippen molar-refractivity contribution in [3.63, 3.8) is 0 Å². The van der Waals surface area contributed by atoms with E-state index in [9.17, 15) is 9.90 Å². The summed E-state index contributed by atoms with van der Waals surface area (Å²) in [6.07, 6.45) is -0.323. The van der Waals surface area contributed by atoms with Crippen molar-refractivity contribution in [3.8, 4) is 0 Å². The number of benzene rings is 2. The Morgan fingerprint density at radius 2 is 1.65 bits per heavy atom. The number of fused-ring (bicyclic) bond motifs is 8. The van der Waals surface area contributed by atoms with Crippen LogP contribution in [0.2, 0.25) is 0 Å². The summed E-state index contributed by atoms with van der Waals surface area (Å²) < 4.78 is 5.97. The number of rotatable bonds is 2. The van der Waals surface area contributed by atoms with E-state index >= 15 is 0 Å². The predicted molar refractivity (Wildman–Crippen MR) is 70.5 cm³/mol. The van der Waals surface area contributed by atoms with E-state index in [4.69, 9.17) is 9.84 Å². The van der Waals surface area contributed by atoms with Crippen molar-refractivity contribution in [1.82, 2.24) is 0 Å². The van der Waals surface area contributed by atoms with E-state index in [2.05, 4.69) is 0 Å². The lowest BCUT2D eigenvalue weighted by molar-refractivity contribution is 0.0696. The van der Waals surface area contributed by atoms with E-state index in [0.29, 0.717) is 0 Å². The molecule has 2 aliphatic rings. The highest BCUT2D eigenvalue weighted by atomic mass is 16.5. The molecule has 4 nitrogen and oxygen atoms in total. The van der Waals surface area contributed by atoms with Gasteiger partial charge in [-0.15, -0.1) is 0 Å². The molecule has 2 bridgehead atoms. The SMILES string of the molecule is O=C(O)c1ccc2c(c1)[C@@H]1O[C@H]2c2ccc(CO)cc21. The highest BCUT2D eigenvalue weighted by Crippen LogP contribution is 2.54. The van der Waals surface area contributed by atoms with Crippen molar-refractivity contribution >= 4 is 5.97 Å². The van der Waals surface area contributed by atoms with Gasteiger partial charge in [0, 0.05) is 0 Å². The molecule has 0 saturated carbocycles. The number of carbonyl (C=O) groups is 1. The van der Waals surface area contributed by atoms with Gasteiger partial charge in [-0.3, -0.25) is 0 Å². The fourth-order valence-corrected chi connectivity index (χ4v) is 3.13. The van der Waals surface area contributed by atoms with Crippen LogP contribution in [0.25, 0.3) is 0 Å². The minimum atomic E-state index is -0.931. The Labute approximate surface area is 115 Å². The van der Waals surface area contributed by atoms with E-state index in [-0.39, 0.29) is 24.4 Å². The van der Waals surface area contributed by atoms with E-state index < -0.39 is 5.97 Å². The third-order valence-corrected chi connectivity index (χ3v) is 4.07. The second-order valence-electron chi connectivity index (χ2n) is 5.17. The van der Waals surface area contributed by atoms with Gasteiger partial charge < -0.3 is 14.9 Å². The standard InChI is InChI=1S/C16H12O4/c17-7-8-1-3-10-12(5-8)15-13-6-9(16(18)19)2-4-11(13)14(10)20-15/h1-6,14-15,17H,7H2,(H,18,19)/t14-,15+/m0/s1. The summed E-state index contributed by atoms with van der Waals surface area (Å²) in [6.45, 7) is -0.00725. The number of hydrogen-bond donors (Lipinski definition) is 2. The highest BCUT2D eigenvalue weighted by molar-refractivity contribution is 5.88. The fourth-order valence-electron chi connectivity index (χ4n) is 3.13. The number of aromatic carboxylic acids is 1. The largest absolute Gasteiger partial charge is 0.478 e. The highest BCUT2D eigenvalue weighted by Gasteiger charge is 2.42. The summed E-state index contributed by atoms with van der Waals surface area (Å²) in [7, 11) is 0. The van der Waals surface area contributed by atoms with Crippen molar-refractivity contribution in [2.75, 3.05) is 0 Å². The molecule has 0 amide bonds. The van der Waals surface area contributed by atoms with Gasteiger partial charge in [-0.25, -0.2) is 4.79 Å². The number of carboxylic acids is 1. The van der Waals surface area contributed by atoms with Gasteiger partial charge in [0.25, 0.3) is 0 Å². The van der Waals surface area contributed by atoms with Gasteiger partial charge in [0.2, 0.25) is 0 Å². The lowest BCUT2D eigenvalue weighted by Crippen LogP contribution is -2.06. The van der Waals surface area contributed by atoms with Gasteiger partial charge in [-0.05, 0) is 39.9 Å². The molecule has 0 saturated heterocycles. The predicted octanol–water partition coefficient (Wildman–Crippen LogP) is 2.40. The van der Waals surface area contributed by atoms with Gasteiger partial charge in [-0.2, -0.15) is 0 Å². The van der Waals surface area contributed by atoms with Crippen LogP contribution >= 0.6 is 0 Å². The molecular formula is C16H12O4. The maximum absolute atomic E-state index is 11.1. The van der Waals surface area contributed by atoms with E-state index in [1.165, 1.54) is 0 Å². The van der Waals surface area contributed by atoms with Crippen LogP contribution < -0.4 is 0 Å². The van der Waals surface area contributed by atoms with Gasteiger partial charge >= 0.3 is 5.97 Å². The molecule has 2 heterocycles. The van der Waals surface area contributed by atoms with Gasteiger partial charge in [-0.1, -0.05) is 24.3 Å². The number of ether oxygens (including phenoxy) is 1. The average molecular weight is 268 g/mol. The maximum Gasteiger partial charge on any atom is 0.335 e. The summed E-state index contributed by atoms with van der Waals surface area (Å²) in [5.41, 5.74) is 5.25. The molecule has 2 aromatic carbocycles. The molecule has 20 heavy (non-hydrogen) atoms. The number of aliphatic hydroxyl groups excluding tert-OH is 1. The van der Waals surface area contributed by atoms with Crippen molar-refractivity contribution in [2.24, 2.45) is 0 Å². The minimum Gasteiger partial charge on any atom is -0.478 e. The normalized spacial score (nSPS) is 21.6. The third kappa shape index (κ3) is 1.40. The molecule has 2 aliphatic heterocycles. The van der Waals surface area contributed by atoms with E-state index in [0.717, 1.165) is 27.8 Å². The molecule has 0 radical (unpaired) electrons. The van der Waals surface area contributed by atoms with Crippen LogP contribution in [0.3, 0.4) is 0 Å². The zero-order valence-corrected chi connectivity index (χ0v) is 10.5. The van der Waals surface area contributed by atoms with Crippen molar-refractivity contribution < 1.29 is 19.7 Å². The van der Waals surface area contributed by atoms with Crippen molar-refractivity contribution in [3.05, 3.63) is 69.8 Å². The molecule has 4 rings (SSSR count). The Balaban J connectivity index is 1.87. The Kier molecular flexibility index (Phi) is 2.28. The van der Waals surface area contributed by atoms with Crippen LogP contribution in [-0.2, 0) is 11.3 Å². The quantitative estimate of drug-likeness (QED) is 0.877. The first-order valence-electron chi connectivity index (χ1n) is 6.45. The third-order valence-electron chi connectivity index (χ3n) is 4.07. The number of aliphatic hydroxyl groups is 1. The van der Waals surface area contributed by atoms with Gasteiger partial charge in [0.1, 0.15) is 12.2 Å². The molecule has 0 spiro atoms. The summed E-state index contributed by atoms with van der Waals surface area (Å²) in [6, 6.07) is 11.0. The molecule has 0 aliphatic carbocycles. The van der Waals surface area contributed by atoms with Gasteiger partial charge in [0.05, 0.1) is 12.2 Å². The van der Waals surface area contributed by atoms with Crippen LogP contribution in [0.1, 0.15) is 50.4 Å². The molecule has 100 valence electrons. The first-order valence-corrected chi connectivity index (χ1v) is 6.45. The van der Waals surface area contributed by atoms with Crippen LogP contribution in [0.4, 0.5) is 0 Å². The molecule has 2 aromatic rings. The zero-order chi connectivity index (χ0) is 13.9. The second-order valence-corrected chi connectivity index (χ2v) is 5.17. The molecule has 0 unspecified atom stereocenters. The molecular weight excluding hydrogens is 256 g/mol. The van der Waals surface area contributed by atoms with Crippen LogP contribution in [0.15, 0.2) is 36.4 Å². The summed E-state index contributed by atoms with van der Waals surface area (Å²) >= 11 is 0. The lowest BCUT2D eigenvalue weighted by atomic mass is 9.84. The first kappa shape index (κ1) is 11.6. The molecule has 2 atom stereocenters. The molecule has 4 heteroatoms. The van der Waals surface area contributed by atoms with Crippen LogP contribution in [0, 0.1) is 0 Å². The Hall–Kier alpha value is -2.17. The molecule has 2 N–H and O–H groups in total. The summed E-state index contributed by atoms with van der Waals surface area (Å²) in [4.78, 5) is 11.1. The Morgan fingerprint density at radius 1 is 1.00 bits per heavy atom. The van der Waals surface area contributed by atoms with Gasteiger partial charge in [0.15, 0.2) is 0 Å². The first-order chi connectivity index (χ1) is 9.69. The molecule has 0 fully saturated rings. The smallest absolute Gasteiger partial charge is 0.335 e. The summed E-state index contributed by atoms with van der Waals surface area (Å²) in [5, 5.41) is 18.3. The van der Waals surface area contributed by atoms with Crippen molar-refractivity contribution in [2.45, 2.75) is 18.8 Å². The average Bonchev–Trinajstić information content (AvgIpc) is 3.02. The van der Waals surface area contributed by atoms with Crippen molar-refractivity contribution in [1.29, 1.82) is 0 Å².